The van der Waals surface area contributed by atoms with Crippen LogP contribution in [0.4, 0.5) is 13.2 Å². The average molecular weight is 1530 g/mol. The van der Waals surface area contributed by atoms with Crippen LogP contribution in [0.1, 0.15) is 101 Å². The number of nitrogens with zero attached hydrogens (tertiary/aromatic N) is 4. The molecular weight excluding hydrogens is 1430 g/mol. The average Bonchev–Trinajstić information content (AvgIpc) is 1.53. The van der Waals surface area contributed by atoms with Crippen LogP contribution in [0.15, 0.2) is 108 Å². The first-order valence-electron chi connectivity index (χ1n) is 35.6. The van der Waals surface area contributed by atoms with E-state index in [1.54, 1.807) is 44.2 Å². The van der Waals surface area contributed by atoms with Gasteiger partial charge in [0.2, 0.25) is 70.9 Å². The highest BCUT2D eigenvalue weighted by atomic mass is 19.4. The molecule has 3 heterocycles. The van der Waals surface area contributed by atoms with Gasteiger partial charge in [0, 0.05) is 39.0 Å². The van der Waals surface area contributed by atoms with Crippen molar-refractivity contribution in [1.29, 1.82) is 0 Å². The Morgan fingerprint density at radius 1 is 0.514 bits per heavy atom. The van der Waals surface area contributed by atoms with Crippen molar-refractivity contribution >= 4 is 82.8 Å². The molecule has 4 aromatic rings. The summed E-state index contributed by atoms with van der Waals surface area (Å²) in [5.41, 5.74) is 23.2. The van der Waals surface area contributed by atoms with E-state index in [1.807, 2.05) is 0 Å². The Kier molecular flexibility index (Phi) is 30.8. The number of aliphatic hydroxyl groups is 2. The molecule has 0 saturated carbocycles. The number of carbonyl (C=O) groups excluding carboxylic acids is 12. The number of amides is 12. The molecule has 4 aromatic carbocycles. The third-order valence-corrected chi connectivity index (χ3v) is 18.9. The lowest BCUT2D eigenvalue weighted by molar-refractivity contribution is -0.145. The zero-order valence-corrected chi connectivity index (χ0v) is 60.4. The molecule has 0 unspecified atom stereocenters. The molecular formula is C73H95F3N16O17. The number of rotatable bonds is 36. The van der Waals surface area contributed by atoms with Gasteiger partial charge in [0.15, 0.2) is 5.96 Å². The number of phenols is 1. The fraction of sp³-hybridized carbons (Fsp3) is 0.479. The number of phenolic OH excluding ortho intramolecular Hbond substituents is 1. The zero-order valence-electron chi connectivity index (χ0n) is 60.4. The van der Waals surface area contributed by atoms with Crippen LogP contribution in [0.5, 0.6) is 5.75 Å². The van der Waals surface area contributed by atoms with Gasteiger partial charge in [0.25, 0.3) is 0 Å². The lowest BCUT2D eigenvalue weighted by Crippen LogP contribution is -2.62. The number of aliphatic imine (C=N–C) groups is 1. The minimum atomic E-state index is -4.73. The third-order valence-electron chi connectivity index (χ3n) is 18.9. The van der Waals surface area contributed by atoms with E-state index in [1.165, 1.54) is 83.5 Å². The third kappa shape index (κ3) is 23.9. The van der Waals surface area contributed by atoms with E-state index in [0.717, 1.165) is 11.0 Å². The van der Waals surface area contributed by atoms with E-state index in [4.69, 9.17) is 22.9 Å². The number of aliphatic carboxylic acids is 1. The fourth-order valence-electron chi connectivity index (χ4n) is 13.1. The molecule has 3 fully saturated rings. The molecule has 7 rings (SSSR count). The summed E-state index contributed by atoms with van der Waals surface area (Å²) in [6.45, 7) is 2.29. The van der Waals surface area contributed by atoms with Gasteiger partial charge in [0.1, 0.15) is 72.2 Å². The number of carbonyl (C=O) groups is 13. The van der Waals surface area contributed by atoms with Crippen molar-refractivity contribution in [3.63, 3.8) is 0 Å². The van der Waals surface area contributed by atoms with E-state index in [9.17, 15) is 95.9 Å². The van der Waals surface area contributed by atoms with E-state index >= 15 is 0 Å². The molecule has 36 heteroatoms. The summed E-state index contributed by atoms with van der Waals surface area (Å²) in [6.07, 6.45) is -4.99. The van der Waals surface area contributed by atoms with Gasteiger partial charge >= 0.3 is 12.1 Å². The smallest absolute Gasteiger partial charge is 0.417 e. The largest absolute Gasteiger partial charge is 0.508 e. The lowest BCUT2D eigenvalue weighted by Gasteiger charge is -2.32. The number of guanidine groups is 1. The number of halogens is 3. The normalized spacial score (nSPS) is 18.0. The molecule has 3 saturated heterocycles. The maximum Gasteiger partial charge on any atom is 0.417 e. The molecule has 33 nitrogen and oxygen atoms in total. The Morgan fingerprint density at radius 2 is 0.972 bits per heavy atom. The second kappa shape index (κ2) is 39.5. The van der Waals surface area contributed by atoms with E-state index in [0.29, 0.717) is 24.0 Å². The number of primary amides is 1. The molecule has 0 radical (unpaired) electrons. The van der Waals surface area contributed by atoms with Crippen LogP contribution in [-0.4, -0.2) is 230 Å². The van der Waals surface area contributed by atoms with E-state index < -0.39 is 193 Å². The quantitative estimate of drug-likeness (QED) is 0.0132. The number of aliphatic hydroxyl groups excluding tert-OH is 2. The van der Waals surface area contributed by atoms with Gasteiger partial charge in [-0.05, 0) is 117 Å². The Hall–Kier alpha value is -11.3. The Morgan fingerprint density at radius 3 is 1.53 bits per heavy atom. The molecule has 3 aliphatic rings. The summed E-state index contributed by atoms with van der Waals surface area (Å²) in [6, 6.07) is 6.99. The number of carboxylic acid groups (broad SMARTS) is 1. The number of aromatic hydroxyl groups is 1. The van der Waals surface area contributed by atoms with Crippen LogP contribution in [0.2, 0.25) is 0 Å². The van der Waals surface area contributed by atoms with Gasteiger partial charge in [-0.15, -0.1) is 0 Å². The molecule has 109 heavy (non-hydrogen) atoms. The maximum atomic E-state index is 14.9. The summed E-state index contributed by atoms with van der Waals surface area (Å²) in [5.74, 6) is -13.8. The molecule has 0 spiro atoms. The summed E-state index contributed by atoms with van der Waals surface area (Å²) in [7, 11) is 0. The highest BCUT2D eigenvalue weighted by Crippen LogP contribution is 2.37. The predicted molar refractivity (Wildman–Crippen MR) is 386 cm³/mol. The first kappa shape index (κ1) is 85.0. The number of nitrogens with one attached hydrogen (secondary N) is 8. The van der Waals surface area contributed by atoms with Crippen LogP contribution < -0.4 is 65.5 Å². The monoisotopic (exact) mass is 1520 g/mol. The van der Waals surface area contributed by atoms with Gasteiger partial charge in [-0.25, -0.2) is 0 Å². The van der Waals surface area contributed by atoms with Crippen LogP contribution in [0.3, 0.4) is 0 Å². The standard InChI is InChI=1S/C73H95F3N16O17/c1-39(2)59(71(109)92-32-12-20-57(92)68(106)84-50(34-41-13-5-4-6-14-41)63(101)83-49(17-9-29-81-72(79)80)69(107)90-30-10-18-55(90)60(78)98)89-66(104)54(38-94)88-64(102)51(36-58(96)97)85-67(105)56-19-11-31-91(56)70(108)52(35-43-21-25-44(26-22-43)46-15-7-8-16-47(46)73(74,75)76)86-61(99)40(3)82-65(103)53(37-93)87-62(100)48(77)33-42-23-27-45(95)28-24-42/h4-8,13-16,21-28,39-40,48-57,59,93-95H,9-12,17-20,29-38,77H2,1-3H3,(H2,78,98)(H,82,103)(H,83,101)(H,84,106)(H,85,105)(H,86,99)(H,87,100)(H,88,102)(H,89,104)(H,96,97)(H4,79,80,81)/t40-,48-,49-,50-,51-,52-,53-,54-,55-,56-,57-,59-/m0/s1. The first-order chi connectivity index (χ1) is 51.7. The van der Waals surface area contributed by atoms with Crippen molar-refractivity contribution in [3.05, 3.63) is 125 Å². The fourth-order valence-corrected chi connectivity index (χ4v) is 13.1. The van der Waals surface area contributed by atoms with E-state index in [-0.39, 0.29) is 106 Å². The number of likely N-dealkylation sites (tertiary alicyclic amines) is 3. The Labute approximate surface area is 625 Å². The topological polar surface area (TPSA) is 525 Å². The summed E-state index contributed by atoms with van der Waals surface area (Å²) in [5, 5.41) is 60.2. The van der Waals surface area contributed by atoms with Crippen molar-refractivity contribution in [2.24, 2.45) is 33.8 Å². The lowest BCUT2D eigenvalue weighted by atomic mass is 9.96. The van der Waals surface area contributed by atoms with Crippen molar-refractivity contribution in [3.8, 4) is 16.9 Å². The number of hydrogen-bond donors (Lipinski definition) is 16. The second-order valence-electron chi connectivity index (χ2n) is 27.3. The van der Waals surface area contributed by atoms with Crippen LogP contribution >= 0.6 is 0 Å². The SMILES string of the molecule is CC(C)[C@H](NC(=O)[C@H](CO)NC(=O)[C@H](CC(=O)O)NC(=O)[C@@H]1CCCN1C(=O)[C@H](Cc1ccc(-c2ccccc2C(F)(F)F)cc1)NC(=O)[C@H](C)NC(=O)[C@H](CO)NC(=O)[C@@H](N)Cc1ccc(O)cc1)C(=O)N1CCC[C@H]1C(=O)N[C@@H](Cc1ccccc1)C(=O)N[C@@H](CCCN=C(N)N)C(=O)N1CCC[C@H]1C(N)=O. The number of benzene rings is 4. The molecule has 0 bridgehead atoms. The van der Waals surface area contributed by atoms with Gasteiger partial charge in [-0.1, -0.05) is 98.8 Å². The van der Waals surface area contributed by atoms with Crippen LogP contribution in [0.25, 0.3) is 11.1 Å². The Balaban J connectivity index is 1.04. The zero-order chi connectivity index (χ0) is 80.0. The Bertz CT molecular complexity index is 3950. The van der Waals surface area contributed by atoms with Crippen LogP contribution in [-0.2, 0) is 87.8 Å². The van der Waals surface area contributed by atoms with Crippen LogP contribution in [0, 0.1) is 5.92 Å². The van der Waals surface area contributed by atoms with Crippen molar-refractivity contribution in [2.45, 2.75) is 176 Å². The highest BCUT2D eigenvalue weighted by Gasteiger charge is 2.45. The van der Waals surface area contributed by atoms with Gasteiger partial charge in [-0.3, -0.25) is 67.3 Å². The molecule has 12 atom stereocenters. The number of carboxylic acids is 1. The number of hydrogen-bond acceptors (Lipinski definition) is 18. The predicted octanol–water partition coefficient (Wildman–Crippen LogP) is -2.04. The minimum Gasteiger partial charge on any atom is -0.508 e. The molecule has 590 valence electrons. The van der Waals surface area contributed by atoms with E-state index in [2.05, 4.69) is 47.5 Å². The molecule has 0 aromatic heterocycles. The summed E-state index contributed by atoms with van der Waals surface area (Å²) < 4.78 is 42.3. The van der Waals surface area contributed by atoms with Gasteiger partial charge < -0.3 is 101 Å². The molecule has 0 aliphatic carbocycles. The highest BCUT2D eigenvalue weighted by molar-refractivity contribution is 6.00. The minimum absolute atomic E-state index is 0.0113. The molecule has 12 amide bonds. The summed E-state index contributed by atoms with van der Waals surface area (Å²) in [4.78, 5) is 188. The summed E-state index contributed by atoms with van der Waals surface area (Å²) >= 11 is 0. The maximum absolute atomic E-state index is 14.9. The first-order valence-corrected chi connectivity index (χ1v) is 35.6. The van der Waals surface area contributed by atoms with Crippen molar-refractivity contribution < 1.29 is 95.9 Å². The van der Waals surface area contributed by atoms with Crippen molar-refractivity contribution in [2.75, 3.05) is 39.4 Å². The molecule has 3 aliphatic heterocycles. The second-order valence-corrected chi connectivity index (χ2v) is 27.3. The molecule has 20 N–H and O–H groups in total. The number of alkyl halides is 3. The number of nitrogens with two attached hydrogens (primary N) is 4. The van der Waals surface area contributed by atoms with Gasteiger partial charge in [-0.2, -0.15) is 13.2 Å². The van der Waals surface area contributed by atoms with Crippen molar-refractivity contribution in [1.82, 2.24) is 57.2 Å². The van der Waals surface area contributed by atoms with Gasteiger partial charge in [0.05, 0.1) is 31.2 Å².